The van der Waals surface area contributed by atoms with Crippen molar-refractivity contribution >= 4 is 5.91 Å². The number of hydrogen-bond acceptors (Lipinski definition) is 4. The number of aromatic nitrogens is 2. The second-order valence-corrected chi connectivity index (χ2v) is 6.99. The van der Waals surface area contributed by atoms with Crippen LogP contribution in [0.1, 0.15) is 52.8 Å². The van der Waals surface area contributed by atoms with E-state index in [1.54, 1.807) is 0 Å². The number of rotatable bonds is 5. The van der Waals surface area contributed by atoms with Crippen molar-refractivity contribution in [3.63, 3.8) is 0 Å². The zero-order valence-electron chi connectivity index (χ0n) is 15.3. The van der Waals surface area contributed by atoms with Crippen LogP contribution in [0.5, 0.6) is 0 Å². The van der Waals surface area contributed by atoms with Crippen LogP contribution in [-0.2, 0) is 24.2 Å². The number of hydrogen-bond donors (Lipinski definition) is 2. The van der Waals surface area contributed by atoms with Crippen LogP contribution in [0.2, 0.25) is 0 Å². The Morgan fingerprint density at radius 3 is 2.64 bits per heavy atom. The highest BCUT2D eigenvalue weighted by atomic mass is 16.5. The quantitative estimate of drug-likeness (QED) is 0.875. The first-order valence-corrected chi connectivity index (χ1v) is 8.67. The molecule has 6 nitrogen and oxygen atoms in total. The lowest BCUT2D eigenvalue weighted by molar-refractivity contribution is -0.00697. The molecule has 1 aliphatic rings. The molecule has 0 saturated heterocycles. The third-order valence-electron chi connectivity index (χ3n) is 4.42. The van der Waals surface area contributed by atoms with E-state index < -0.39 is 0 Å². The van der Waals surface area contributed by atoms with E-state index in [2.05, 4.69) is 44.7 Å². The molecular weight excluding hydrogens is 316 g/mol. The Morgan fingerprint density at radius 1 is 1.28 bits per heavy atom. The number of nitrogens with one attached hydrogen (secondary N) is 2. The van der Waals surface area contributed by atoms with Gasteiger partial charge in [0.15, 0.2) is 5.69 Å². The van der Waals surface area contributed by atoms with Gasteiger partial charge < -0.3 is 15.0 Å². The van der Waals surface area contributed by atoms with Gasteiger partial charge in [-0.1, -0.05) is 24.3 Å². The Labute approximate surface area is 148 Å². The number of H-pyrrole nitrogens is 1. The molecular formula is C19H26N4O2. The first-order chi connectivity index (χ1) is 11.9. The minimum absolute atomic E-state index is 0.0583. The van der Waals surface area contributed by atoms with Gasteiger partial charge in [-0.25, -0.2) is 0 Å². The summed E-state index contributed by atoms with van der Waals surface area (Å²) in [6.45, 7) is 5.39. The number of fused-ring (bicyclic) bond motifs is 1. The zero-order valence-corrected chi connectivity index (χ0v) is 15.3. The molecule has 1 aliphatic heterocycles. The third kappa shape index (κ3) is 4.08. The van der Waals surface area contributed by atoms with E-state index in [-0.39, 0.29) is 18.1 Å². The number of aromatic amines is 1. The van der Waals surface area contributed by atoms with Crippen molar-refractivity contribution in [1.29, 1.82) is 0 Å². The molecule has 2 atom stereocenters. The summed E-state index contributed by atoms with van der Waals surface area (Å²) < 4.78 is 5.77. The molecule has 1 aromatic heterocycles. The van der Waals surface area contributed by atoms with E-state index in [4.69, 9.17) is 4.74 Å². The summed E-state index contributed by atoms with van der Waals surface area (Å²) >= 11 is 0. The van der Waals surface area contributed by atoms with Crippen LogP contribution < -0.4 is 5.32 Å². The molecule has 0 radical (unpaired) electrons. The van der Waals surface area contributed by atoms with Crippen LogP contribution in [0.4, 0.5) is 0 Å². The van der Waals surface area contributed by atoms with Gasteiger partial charge in [-0.15, -0.1) is 0 Å². The monoisotopic (exact) mass is 342 g/mol. The molecule has 134 valence electrons. The fraction of sp³-hybridized carbons (Fsp3) is 0.474. The molecule has 2 N–H and O–H groups in total. The number of benzene rings is 1. The van der Waals surface area contributed by atoms with Crippen molar-refractivity contribution in [3.8, 4) is 0 Å². The zero-order chi connectivity index (χ0) is 18.0. The molecule has 0 saturated carbocycles. The van der Waals surface area contributed by atoms with Crippen LogP contribution in [0.15, 0.2) is 24.3 Å². The van der Waals surface area contributed by atoms with Gasteiger partial charge in [0.2, 0.25) is 0 Å². The van der Waals surface area contributed by atoms with Crippen LogP contribution in [0.25, 0.3) is 0 Å². The van der Waals surface area contributed by atoms with Gasteiger partial charge in [-0.3, -0.25) is 9.89 Å². The number of nitrogens with zero attached hydrogens (tertiary/aromatic N) is 2. The molecule has 0 spiro atoms. The van der Waals surface area contributed by atoms with Crippen LogP contribution >= 0.6 is 0 Å². The highest BCUT2D eigenvalue weighted by Gasteiger charge is 2.29. The van der Waals surface area contributed by atoms with Crippen LogP contribution in [-0.4, -0.2) is 41.2 Å². The predicted molar refractivity (Wildman–Crippen MR) is 96.3 cm³/mol. The van der Waals surface area contributed by atoms with E-state index in [1.165, 1.54) is 5.56 Å². The lowest BCUT2D eigenvalue weighted by atomic mass is 9.99. The molecule has 1 amide bonds. The van der Waals surface area contributed by atoms with E-state index >= 15 is 0 Å². The first-order valence-electron chi connectivity index (χ1n) is 8.67. The third-order valence-corrected chi connectivity index (χ3v) is 4.42. The number of carbonyl (C=O) groups is 1. The average molecular weight is 342 g/mol. The summed E-state index contributed by atoms with van der Waals surface area (Å²) in [5.74, 6) is -0.142. The van der Waals surface area contributed by atoms with Crippen molar-refractivity contribution in [2.75, 3.05) is 14.1 Å². The van der Waals surface area contributed by atoms with Gasteiger partial charge >= 0.3 is 0 Å². The molecule has 1 aromatic carbocycles. The van der Waals surface area contributed by atoms with Gasteiger partial charge in [0, 0.05) is 25.1 Å². The summed E-state index contributed by atoms with van der Waals surface area (Å²) in [6.07, 6.45) is 0.742. The molecule has 0 aliphatic carbocycles. The molecule has 2 aromatic rings. The number of carbonyl (C=O) groups excluding carboxylic acids is 1. The van der Waals surface area contributed by atoms with Crippen molar-refractivity contribution in [1.82, 2.24) is 20.4 Å². The Morgan fingerprint density at radius 2 is 1.96 bits per heavy atom. The summed E-state index contributed by atoms with van der Waals surface area (Å²) in [7, 11) is 4.09. The van der Waals surface area contributed by atoms with Gasteiger partial charge in [0.25, 0.3) is 5.91 Å². The standard InChI is InChI=1S/C19H26N4O2/c1-12-9-16-17(13(2)25-12)21-22-18(16)19(24)20-10-14-5-7-15(8-6-14)11-23(3)4/h5-8,12-13H,9-11H2,1-4H3,(H,20,24)(H,21,22)/t12-,13+/m1/s1. The minimum Gasteiger partial charge on any atom is -0.369 e. The Hall–Kier alpha value is -2.18. The van der Waals surface area contributed by atoms with Gasteiger partial charge in [-0.05, 0) is 39.1 Å². The second-order valence-electron chi connectivity index (χ2n) is 6.99. The minimum atomic E-state index is -0.142. The van der Waals surface area contributed by atoms with Crippen molar-refractivity contribution in [3.05, 3.63) is 52.3 Å². The van der Waals surface area contributed by atoms with E-state index in [0.717, 1.165) is 23.4 Å². The van der Waals surface area contributed by atoms with E-state index in [9.17, 15) is 4.79 Å². The Balaban J connectivity index is 1.64. The molecule has 0 fully saturated rings. The van der Waals surface area contributed by atoms with E-state index in [0.29, 0.717) is 18.7 Å². The highest BCUT2D eigenvalue weighted by Crippen LogP contribution is 2.30. The van der Waals surface area contributed by atoms with Gasteiger partial charge in [0.05, 0.1) is 17.9 Å². The topological polar surface area (TPSA) is 70.2 Å². The summed E-state index contributed by atoms with van der Waals surface area (Å²) in [5, 5.41) is 10.1. The average Bonchev–Trinajstić information content (AvgIpc) is 2.97. The second kappa shape index (κ2) is 7.37. The molecule has 3 rings (SSSR count). The molecule has 0 bridgehead atoms. The number of ether oxygens (including phenoxy) is 1. The van der Waals surface area contributed by atoms with Gasteiger partial charge in [0.1, 0.15) is 0 Å². The summed E-state index contributed by atoms with van der Waals surface area (Å²) in [6, 6.07) is 8.30. The maximum Gasteiger partial charge on any atom is 0.272 e. The largest absolute Gasteiger partial charge is 0.369 e. The van der Waals surface area contributed by atoms with Crippen molar-refractivity contribution in [2.45, 2.75) is 45.6 Å². The summed E-state index contributed by atoms with van der Waals surface area (Å²) in [5.41, 5.74) is 4.71. The van der Waals surface area contributed by atoms with Gasteiger partial charge in [-0.2, -0.15) is 5.10 Å². The summed E-state index contributed by atoms with van der Waals surface area (Å²) in [4.78, 5) is 14.7. The lowest BCUT2D eigenvalue weighted by Gasteiger charge is -2.25. The number of amides is 1. The maximum atomic E-state index is 12.5. The van der Waals surface area contributed by atoms with Crippen LogP contribution in [0.3, 0.4) is 0 Å². The molecule has 6 heteroatoms. The maximum absolute atomic E-state index is 12.5. The highest BCUT2D eigenvalue weighted by molar-refractivity contribution is 5.94. The molecule has 2 heterocycles. The van der Waals surface area contributed by atoms with Crippen molar-refractivity contribution in [2.24, 2.45) is 0 Å². The predicted octanol–water partition coefficient (Wildman–Crippen LogP) is 2.42. The Bertz CT molecular complexity index is 736. The SMILES string of the molecule is C[C@@H]1Cc2c(C(=O)NCc3ccc(CN(C)C)cc3)n[nH]c2[C@H](C)O1. The molecule has 0 unspecified atom stereocenters. The smallest absolute Gasteiger partial charge is 0.272 e. The first kappa shape index (κ1) is 17.6. The fourth-order valence-electron chi connectivity index (χ4n) is 3.26. The fourth-order valence-corrected chi connectivity index (χ4v) is 3.26. The van der Waals surface area contributed by atoms with Crippen LogP contribution in [0, 0.1) is 0 Å². The lowest BCUT2D eigenvalue weighted by Crippen LogP contribution is -2.27. The van der Waals surface area contributed by atoms with E-state index in [1.807, 2.05) is 27.9 Å². The molecule has 25 heavy (non-hydrogen) atoms. The van der Waals surface area contributed by atoms with Crippen molar-refractivity contribution < 1.29 is 9.53 Å². The Kier molecular flexibility index (Phi) is 5.20. The normalized spacial score (nSPS) is 19.7.